The molecular weight excluding hydrogens is 228 g/mol. The van der Waals surface area contributed by atoms with Gasteiger partial charge in [0.2, 0.25) is 0 Å². The Hall–Kier alpha value is -1.62. The van der Waals surface area contributed by atoms with Crippen molar-refractivity contribution in [2.24, 2.45) is 5.73 Å². The van der Waals surface area contributed by atoms with E-state index < -0.39 is 6.10 Å². The molecule has 1 aromatic carbocycles. The third-order valence-corrected chi connectivity index (χ3v) is 2.94. The lowest BCUT2D eigenvalue weighted by molar-refractivity contribution is 0.0925. The summed E-state index contributed by atoms with van der Waals surface area (Å²) < 4.78 is 0. The summed E-state index contributed by atoms with van der Waals surface area (Å²) in [5.41, 5.74) is 9.39. The lowest BCUT2D eigenvalue weighted by Crippen LogP contribution is -2.08. The van der Waals surface area contributed by atoms with E-state index in [0.717, 1.165) is 16.8 Å². The molecule has 1 unspecified atom stereocenters. The van der Waals surface area contributed by atoms with Crippen LogP contribution in [0.3, 0.4) is 0 Å². The summed E-state index contributed by atoms with van der Waals surface area (Å²) in [6.07, 6.45) is -0.903. The lowest BCUT2D eigenvalue weighted by Gasteiger charge is -2.07. The minimum atomic E-state index is -0.903. The van der Waals surface area contributed by atoms with Gasteiger partial charge in [0.15, 0.2) is 0 Å². The first kappa shape index (κ1) is 12.8. The van der Waals surface area contributed by atoms with Crippen LogP contribution in [0.25, 0.3) is 11.1 Å². The van der Waals surface area contributed by atoms with Crippen LogP contribution in [0.15, 0.2) is 36.4 Å². The van der Waals surface area contributed by atoms with Crippen molar-refractivity contribution >= 4 is 0 Å². The summed E-state index contributed by atoms with van der Waals surface area (Å²) in [6.45, 7) is 1.57. The predicted octanol–water partition coefficient (Wildman–Crippen LogP) is 1.73. The molecule has 4 nitrogen and oxygen atoms in total. The Morgan fingerprint density at radius 1 is 1.28 bits per heavy atom. The number of nitrogens with two attached hydrogens (primary N) is 1. The van der Waals surface area contributed by atoms with E-state index in [9.17, 15) is 5.11 Å². The average Bonchev–Trinajstić information content (AvgIpc) is 2.84. The molecule has 0 aliphatic carbocycles. The summed E-state index contributed by atoms with van der Waals surface area (Å²) in [6, 6.07) is 11.5. The second kappa shape index (κ2) is 5.35. The van der Waals surface area contributed by atoms with Gasteiger partial charge in [-0.2, -0.15) is 0 Å². The summed E-state index contributed by atoms with van der Waals surface area (Å²) >= 11 is 0. The highest BCUT2D eigenvalue weighted by Gasteiger charge is 2.16. The standard InChI is InChI=1S/C14H18N2O2/c1-9(15)14-11(10-5-3-2-4-6-10)7-12(16-14)13(18)8-17/h2-7,9,13,16-18H,8,15H2,1H3/t9-,13?/m0/s1. The van der Waals surface area contributed by atoms with Gasteiger partial charge < -0.3 is 20.9 Å². The number of hydrogen-bond donors (Lipinski definition) is 4. The highest BCUT2D eigenvalue weighted by molar-refractivity contribution is 5.67. The second-order valence-corrected chi connectivity index (χ2v) is 4.41. The van der Waals surface area contributed by atoms with Gasteiger partial charge in [0.05, 0.1) is 6.61 Å². The SMILES string of the molecule is C[C@H](N)c1[nH]c(C(O)CO)cc1-c1ccccc1. The number of hydrogen-bond acceptors (Lipinski definition) is 3. The van der Waals surface area contributed by atoms with E-state index >= 15 is 0 Å². The van der Waals surface area contributed by atoms with Crippen LogP contribution in [0.4, 0.5) is 0 Å². The van der Waals surface area contributed by atoms with E-state index in [1.165, 1.54) is 0 Å². The fraction of sp³-hybridized carbons (Fsp3) is 0.286. The topological polar surface area (TPSA) is 82.3 Å². The minimum absolute atomic E-state index is 0.167. The Balaban J connectivity index is 2.49. The van der Waals surface area contributed by atoms with Crippen molar-refractivity contribution in [3.63, 3.8) is 0 Å². The fourth-order valence-electron chi connectivity index (χ4n) is 1.99. The van der Waals surface area contributed by atoms with E-state index in [0.29, 0.717) is 5.69 Å². The van der Waals surface area contributed by atoms with Crippen LogP contribution in [-0.4, -0.2) is 21.8 Å². The predicted molar refractivity (Wildman–Crippen MR) is 70.9 cm³/mol. The molecule has 0 fully saturated rings. The Labute approximate surface area is 106 Å². The van der Waals surface area contributed by atoms with Crippen LogP contribution in [0.5, 0.6) is 0 Å². The van der Waals surface area contributed by atoms with Gasteiger partial charge in [-0.15, -0.1) is 0 Å². The molecule has 96 valence electrons. The molecule has 0 aliphatic rings. The van der Waals surface area contributed by atoms with E-state index in [-0.39, 0.29) is 12.6 Å². The number of benzene rings is 1. The molecule has 0 saturated carbocycles. The van der Waals surface area contributed by atoms with Crippen LogP contribution in [0.2, 0.25) is 0 Å². The van der Waals surface area contributed by atoms with Crippen LogP contribution >= 0.6 is 0 Å². The molecule has 0 bridgehead atoms. The van der Waals surface area contributed by atoms with Crippen molar-refractivity contribution in [3.05, 3.63) is 47.8 Å². The monoisotopic (exact) mass is 246 g/mol. The molecule has 18 heavy (non-hydrogen) atoms. The van der Waals surface area contributed by atoms with E-state index in [4.69, 9.17) is 10.8 Å². The first-order chi connectivity index (χ1) is 8.63. The van der Waals surface area contributed by atoms with Crippen molar-refractivity contribution in [1.82, 2.24) is 4.98 Å². The number of nitrogens with one attached hydrogen (secondary N) is 1. The van der Waals surface area contributed by atoms with Gasteiger partial charge in [-0.1, -0.05) is 30.3 Å². The minimum Gasteiger partial charge on any atom is -0.393 e. The number of aliphatic hydroxyl groups is 2. The van der Waals surface area contributed by atoms with Gasteiger partial charge in [-0.3, -0.25) is 0 Å². The smallest absolute Gasteiger partial charge is 0.117 e. The number of H-pyrrole nitrogens is 1. The normalized spacial score (nSPS) is 14.4. The summed E-state index contributed by atoms with van der Waals surface area (Å²) in [5.74, 6) is 0. The molecule has 1 aromatic heterocycles. The third kappa shape index (κ3) is 2.46. The van der Waals surface area contributed by atoms with Crippen molar-refractivity contribution in [3.8, 4) is 11.1 Å². The zero-order chi connectivity index (χ0) is 13.1. The van der Waals surface area contributed by atoms with Crippen LogP contribution < -0.4 is 5.73 Å². The maximum absolute atomic E-state index is 9.67. The quantitative estimate of drug-likeness (QED) is 0.663. The zero-order valence-corrected chi connectivity index (χ0v) is 10.3. The van der Waals surface area contributed by atoms with Crippen LogP contribution in [0, 0.1) is 0 Å². The highest BCUT2D eigenvalue weighted by atomic mass is 16.3. The number of aromatic amines is 1. The largest absolute Gasteiger partial charge is 0.393 e. The molecule has 1 heterocycles. The van der Waals surface area contributed by atoms with Gasteiger partial charge in [-0.05, 0) is 18.6 Å². The van der Waals surface area contributed by atoms with Crippen molar-refractivity contribution in [2.75, 3.05) is 6.61 Å². The zero-order valence-electron chi connectivity index (χ0n) is 10.3. The lowest BCUT2D eigenvalue weighted by atomic mass is 10.0. The molecule has 0 aliphatic heterocycles. The maximum Gasteiger partial charge on any atom is 0.117 e. The van der Waals surface area contributed by atoms with E-state index in [1.54, 1.807) is 0 Å². The summed E-state index contributed by atoms with van der Waals surface area (Å²) in [7, 11) is 0. The average molecular weight is 246 g/mol. The number of rotatable bonds is 4. The first-order valence-electron chi connectivity index (χ1n) is 5.96. The third-order valence-electron chi connectivity index (χ3n) is 2.94. The molecule has 0 amide bonds. The molecule has 5 N–H and O–H groups in total. The van der Waals surface area contributed by atoms with Crippen molar-refractivity contribution in [2.45, 2.75) is 19.1 Å². The van der Waals surface area contributed by atoms with Gasteiger partial charge in [0.1, 0.15) is 6.10 Å². The Kier molecular flexibility index (Phi) is 3.81. The second-order valence-electron chi connectivity index (χ2n) is 4.41. The maximum atomic E-state index is 9.67. The molecule has 4 heteroatoms. The van der Waals surface area contributed by atoms with Crippen LogP contribution in [-0.2, 0) is 0 Å². The van der Waals surface area contributed by atoms with Gasteiger partial charge in [0, 0.05) is 23.0 Å². The number of aromatic nitrogens is 1. The molecule has 2 atom stereocenters. The highest BCUT2D eigenvalue weighted by Crippen LogP contribution is 2.30. The number of aliphatic hydroxyl groups excluding tert-OH is 2. The molecule has 2 aromatic rings. The van der Waals surface area contributed by atoms with E-state index in [1.807, 2.05) is 43.3 Å². The molecule has 0 saturated heterocycles. The van der Waals surface area contributed by atoms with Gasteiger partial charge in [0.25, 0.3) is 0 Å². The molecule has 0 radical (unpaired) electrons. The Bertz CT molecular complexity index is 506. The van der Waals surface area contributed by atoms with Crippen molar-refractivity contribution < 1.29 is 10.2 Å². The first-order valence-corrected chi connectivity index (χ1v) is 5.96. The summed E-state index contributed by atoms with van der Waals surface area (Å²) in [4.78, 5) is 3.10. The fourth-order valence-corrected chi connectivity index (χ4v) is 1.99. The molecule has 0 spiro atoms. The molecular formula is C14H18N2O2. The van der Waals surface area contributed by atoms with Gasteiger partial charge in [-0.25, -0.2) is 0 Å². The van der Waals surface area contributed by atoms with Crippen LogP contribution in [0.1, 0.15) is 30.5 Å². The van der Waals surface area contributed by atoms with E-state index in [2.05, 4.69) is 4.98 Å². The Morgan fingerprint density at radius 2 is 1.94 bits per heavy atom. The molecule has 2 rings (SSSR count). The Morgan fingerprint density at radius 3 is 2.50 bits per heavy atom. The summed E-state index contributed by atoms with van der Waals surface area (Å²) in [5, 5.41) is 18.7. The van der Waals surface area contributed by atoms with Gasteiger partial charge >= 0.3 is 0 Å². The van der Waals surface area contributed by atoms with Crippen molar-refractivity contribution in [1.29, 1.82) is 0 Å².